The predicted molar refractivity (Wildman–Crippen MR) is 95.2 cm³/mol. The van der Waals surface area contributed by atoms with Gasteiger partial charge in [-0.3, -0.25) is 4.79 Å². The van der Waals surface area contributed by atoms with Crippen molar-refractivity contribution in [3.05, 3.63) is 48.2 Å². The van der Waals surface area contributed by atoms with Crippen LogP contribution in [0.15, 0.2) is 42.6 Å². The summed E-state index contributed by atoms with van der Waals surface area (Å²) in [5, 5.41) is 0. The largest absolute Gasteiger partial charge is 0.369 e. The van der Waals surface area contributed by atoms with Crippen molar-refractivity contribution in [2.45, 2.75) is 44.6 Å². The molecule has 0 radical (unpaired) electrons. The van der Waals surface area contributed by atoms with Gasteiger partial charge >= 0.3 is 0 Å². The Balaban J connectivity index is 1.98. The van der Waals surface area contributed by atoms with E-state index in [0.29, 0.717) is 6.42 Å². The van der Waals surface area contributed by atoms with E-state index in [9.17, 15) is 4.79 Å². The van der Waals surface area contributed by atoms with Crippen molar-refractivity contribution < 1.29 is 4.79 Å². The van der Waals surface area contributed by atoms with Gasteiger partial charge in [-0.05, 0) is 11.6 Å². The number of benzene rings is 1. The van der Waals surface area contributed by atoms with Crippen molar-refractivity contribution in [3.63, 3.8) is 0 Å². The van der Waals surface area contributed by atoms with Gasteiger partial charge in [0.1, 0.15) is 0 Å². The van der Waals surface area contributed by atoms with Gasteiger partial charge in [-0.25, -0.2) is 0 Å². The third-order valence-corrected chi connectivity index (χ3v) is 4.91. The molecule has 1 aromatic rings. The van der Waals surface area contributed by atoms with E-state index in [4.69, 9.17) is 0 Å². The summed E-state index contributed by atoms with van der Waals surface area (Å²) in [6.07, 6.45) is 5.04. The van der Waals surface area contributed by atoms with E-state index in [2.05, 4.69) is 48.5 Å². The lowest BCUT2D eigenvalue weighted by Crippen LogP contribution is -2.29. The Morgan fingerprint density at radius 2 is 1.91 bits per heavy atom. The smallest absolute Gasteiger partial charge is 0.159 e. The minimum absolute atomic E-state index is 0.150. The Morgan fingerprint density at radius 3 is 2.59 bits per heavy atom. The van der Waals surface area contributed by atoms with Gasteiger partial charge in [0, 0.05) is 31.6 Å². The van der Waals surface area contributed by atoms with E-state index in [-0.39, 0.29) is 11.8 Å². The van der Waals surface area contributed by atoms with E-state index in [1.165, 1.54) is 5.56 Å². The number of nitrogens with zero attached hydrogens (tertiary/aromatic N) is 1. The fraction of sp³-hybridized carbons (Fsp3) is 0.421. The van der Waals surface area contributed by atoms with Crippen LogP contribution in [0.1, 0.15) is 24.4 Å². The van der Waals surface area contributed by atoms with Crippen molar-refractivity contribution in [3.8, 4) is 11.8 Å². The second-order valence-corrected chi connectivity index (χ2v) is 12.5. The first-order valence-corrected chi connectivity index (χ1v) is 11.6. The Bertz CT molecular complexity index is 589. The van der Waals surface area contributed by atoms with Gasteiger partial charge in [0.15, 0.2) is 5.78 Å². The number of hydrogen-bond donors (Lipinski definition) is 0. The number of allylic oxidation sites excluding steroid dienone is 1. The van der Waals surface area contributed by atoms with Crippen molar-refractivity contribution in [2.75, 3.05) is 6.54 Å². The minimum atomic E-state index is -1.07. The monoisotopic (exact) mass is 311 g/mol. The molecule has 1 heterocycles. The van der Waals surface area contributed by atoms with E-state index in [0.717, 1.165) is 19.0 Å². The minimum Gasteiger partial charge on any atom is -0.369 e. The number of rotatable bonds is 4. The summed E-state index contributed by atoms with van der Waals surface area (Å²) in [6.45, 7) is 7.90. The molecule has 0 bridgehead atoms. The summed E-state index contributed by atoms with van der Waals surface area (Å²) >= 11 is 0. The maximum absolute atomic E-state index is 11.7. The SMILES string of the molecule is C[Si](C)(C)CC#CCCN1C=CC(=O)CC1c1ccccc1. The van der Waals surface area contributed by atoms with Crippen LogP contribution < -0.4 is 0 Å². The van der Waals surface area contributed by atoms with Gasteiger partial charge in [0.25, 0.3) is 0 Å². The first-order chi connectivity index (χ1) is 10.5. The third kappa shape index (κ3) is 5.20. The van der Waals surface area contributed by atoms with E-state index >= 15 is 0 Å². The predicted octanol–water partition coefficient (Wildman–Crippen LogP) is 4.25. The quantitative estimate of drug-likeness (QED) is 0.612. The molecule has 0 fully saturated rings. The molecule has 116 valence electrons. The number of hydrogen-bond acceptors (Lipinski definition) is 2. The van der Waals surface area contributed by atoms with Crippen LogP contribution in [0.5, 0.6) is 0 Å². The summed E-state index contributed by atoms with van der Waals surface area (Å²) in [6, 6.07) is 11.5. The van der Waals surface area contributed by atoms with Crippen LogP contribution in [-0.2, 0) is 4.79 Å². The molecule has 1 aliphatic rings. The van der Waals surface area contributed by atoms with Crippen LogP contribution in [0.25, 0.3) is 0 Å². The van der Waals surface area contributed by atoms with Gasteiger partial charge < -0.3 is 4.90 Å². The lowest BCUT2D eigenvalue weighted by molar-refractivity contribution is -0.116. The van der Waals surface area contributed by atoms with Crippen molar-refractivity contribution in [2.24, 2.45) is 0 Å². The molecule has 0 saturated carbocycles. The highest BCUT2D eigenvalue weighted by atomic mass is 28.3. The zero-order valence-corrected chi connectivity index (χ0v) is 14.8. The molecule has 22 heavy (non-hydrogen) atoms. The highest BCUT2D eigenvalue weighted by Gasteiger charge is 2.23. The number of carbonyl (C=O) groups is 1. The normalized spacial score (nSPS) is 18.0. The van der Waals surface area contributed by atoms with Gasteiger partial charge in [0.05, 0.1) is 14.1 Å². The molecule has 0 N–H and O–H groups in total. The molecule has 0 aromatic heterocycles. The first kappa shape index (κ1) is 16.6. The van der Waals surface area contributed by atoms with Gasteiger partial charge in [0.2, 0.25) is 0 Å². The molecule has 1 atom stereocenters. The molecule has 0 amide bonds. The van der Waals surface area contributed by atoms with E-state index in [1.54, 1.807) is 6.08 Å². The van der Waals surface area contributed by atoms with Crippen LogP contribution in [0.3, 0.4) is 0 Å². The van der Waals surface area contributed by atoms with Crippen LogP contribution in [0.4, 0.5) is 0 Å². The molecular weight excluding hydrogens is 286 g/mol. The summed E-state index contributed by atoms with van der Waals surface area (Å²) in [5.41, 5.74) is 1.20. The lowest BCUT2D eigenvalue weighted by atomic mass is 9.97. The molecule has 1 aromatic carbocycles. The highest BCUT2D eigenvalue weighted by Crippen LogP contribution is 2.28. The van der Waals surface area contributed by atoms with Crippen LogP contribution in [0, 0.1) is 11.8 Å². The van der Waals surface area contributed by atoms with Crippen molar-refractivity contribution in [1.82, 2.24) is 4.90 Å². The second-order valence-electron chi connectivity index (χ2n) is 6.99. The first-order valence-electron chi connectivity index (χ1n) is 7.93. The third-order valence-electron chi connectivity index (χ3n) is 3.67. The summed E-state index contributed by atoms with van der Waals surface area (Å²) in [4.78, 5) is 14.0. The number of carbonyl (C=O) groups excluding carboxylic acids is 1. The Labute approximate surface area is 135 Å². The average Bonchev–Trinajstić information content (AvgIpc) is 2.48. The summed E-state index contributed by atoms with van der Waals surface area (Å²) < 4.78 is 0. The molecule has 1 unspecified atom stereocenters. The fourth-order valence-corrected chi connectivity index (χ4v) is 3.13. The van der Waals surface area contributed by atoms with Crippen LogP contribution >= 0.6 is 0 Å². The molecule has 3 heteroatoms. The van der Waals surface area contributed by atoms with E-state index in [1.807, 2.05) is 24.4 Å². The maximum Gasteiger partial charge on any atom is 0.159 e. The Morgan fingerprint density at radius 1 is 1.18 bits per heavy atom. The standard InChI is InChI=1S/C19H25NOSi/c1-22(2,3)15-9-5-8-13-20-14-12-18(21)16-19(20)17-10-6-4-7-11-17/h4,6-7,10-12,14,19H,8,13,15-16H2,1-3H3. The molecular formula is C19H25NOSi. The van der Waals surface area contributed by atoms with E-state index < -0.39 is 8.07 Å². The maximum atomic E-state index is 11.7. The Hall–Kier alpha value is -1.79. The van der Waals surface area contributed by atoms with Crippen molar-refractivity contribution in [1.29, 1.82) is 0 Å². The lowest BCUT2D eigenvalue weighted by Gasteiger charge is -2.32. The molecule has 0 spiro atoms. The molecule has 2 nitrogen and oxygen atoms in total. The average molecular weight is 312 g/mol. The summed E-state index contributed by atoms with van der Waals surface area (Å²) in [5.74, 6) is 6.82. The zero-order chi connectivity index (χ0) is 16.0. The molecule has 0 aliphatic carbocycles. The number of ketones is 1. The van der Waals surface area contributed by atoms with Gasteiger partial charge in [-0.2, -0.15) is 0 Å². The van der Waals surface area contributed by atoms with Crippen molar-refractivity contribution >= 4 is 13.9 Å². The fourth-order valence-electron chi connectivity index (χ4n) is 2.47. The zero-order valence-electron chi connectivity index (χ0n) is 13.8. The van der Waals surface area contributed by atoms with Crippen LogP contribution in [0.2, 0.25) is 25.7 Å². The molecule has 0 saturated heterocycles. The van der Waals surface area contributed by atoms with Gasteiger partial charge in [-0.15, -0.1) is 11.8 Å². The second kappa shape index (κ2) is 7.46. The topological polar surface area (TPSA) is 20.3 Å². The molecule has 1 aliphatic heterocycles. The summed E-state index contributed by atoms with van der Waals surface area (Å²) in [7, 11) is -1.07. The highest BCUT2D eigenvalue weighted by molar-refractivity contribution is 6.76. The van der Waals surface area contributed by atoms with Gasteiger partial charge in [-0.1, -0.05) is 50.0 Å². The molecule has 2 rings (SSSR count). The van der Waals surface area contributed by atoms with Crippen LogP contribution in [-0.4, -0.2) is 25.3 Å². The Kier molecular flexibility index (Phi) is 5.62.